The van der Waals surface area contributed by atoms with Crippen LogP contribution in [0.1, 0.15) is 38.7 Å². The first-order valence-corrected chi connectivity index (χ1v) is 6.12. The Balaban J connectivity index is 2.33. The van der Waals surface area contributed by atoms with Crippen molar-refractivity contribution >= 4 is 0 Å². The maximum absolute atomic E-state index is 9.24. The van der Waals surface area contributed by atoms with Crippen LogP contribution < -0.4 is 4.74 Å². The van der Waals surface area contributed by atoms with Gasteiger partial charge in [0.2, 0.25) is 0 Å². The number of ether oxygens (including phenoxy) is 1. The van der Waals surface area contributed by atoms with E-state index in [1.165, 1.54) is 12.8 Å². The van der Waals surface area contributed by atoms with Gasteiger partial charge in [0.25, 0.3) is 0 Å². The SMILES string of the molecule is CCCCCOc1ccc(CC(C)O)cc1. The van der Waals surface area contributed by atoms with Gasteiger partial charge in [-0.3, -0.25) is 0 Å². The van der Waals surface area contributed by atoms with Crippen molar-refractivity contribution in [2.24, 2.45) is 0 Å². The Morgan fingerprint density at radius 1 is 1.19 bits per heavy atom. The van der Waals surface area contributed by atoms with Crippen LogP contribution in [0.25, 0.3) is 0 Å². The van der Waals surface area contributed by atoms with E-state index in [1.807, 2.05) is 24.3 Å². The van der Waals surface area contributed by atoms with Gasteiger partial charge in [0.1, 0.15) is 5.75 Å². The van der Waals surface area contributed by atoms with Crippen molar-refractivity contribution in [3.63, 3.8) is 0 Å². The average molecular weight is 222 g/mol. The summed E-state index contributed by atoms with van der Waals surface area (Å²) in [6.07, 6.45) is 3.98. The predicted octanol–water partition coefficient (Wildman–Crippen LogP) is 3.18. The Labute approximate surface area is 98.3 Å². The molecule has 0 saturated heterocycles. The van der Waals surface area contributed by atoms with Crippen molar-refractivity contribution in [3.05, 3.63) is 29.8 Å². The number of hydrogen-bond donors (Lipinski definition) is 1. The molecule has 0 saturated carbocycles. The van der Waals surface area contributed by atoms with Crippen molar-refractivity contribution in [1.82, 2.24) is 0 Å². The smallest absolute Gasteiger partial charge is 0.119 e. The minimum Gasteiger partial charge on any atom is -0.494 e. The summed E-state index contributed by atoms with van der Waals surface area (Å²) in [7, 11) is 0. The lowest BCUT2D eigenvalue weighted by Gasteiger charge is -2.07. The van der Waals surface area contributed by atoms with Gasteiger partial charge in [-0.25, -0.2) is 0 Å². The minimum absolute atomic E-state index is 0.281. The van der Waals surface area contributed by atoms with E-state index in [-0.39, 0.29) is 6.10 Å². The first-order chi connectivity index (χ1) is 7.72. The van der Waals surface area contributed by atoms with Crippen molar-refractivity contribution < 1.29 is 9.84 Å². The molecular weight excluding hydrogens is 200 g/mol. The highest BCUT2D eigenvalue weighted by Crippen LogP contribution is 2.14. The van der Waals surface area contributed by atoms with E-state index in [2.05, 4.69) is 6.92 Å². The van der Waals surface area contributed by atoms with Crippen molar-refractivity contribution in [3.8, 4) is 5.75 Å². The molecule has 1 unspecified atom stereocenters. The quantitative estimate of drug-likeness (QED) is 0.718. The zero-order chi connectivity index (χ0) is 11.8. The van der Waals surface area contributed by atoms with Crippen molar-refractivity contribution in [2.75, 3.05) is 6.61 Å². The van der Waals surface area contributed by atoms with Gasteiger partial charge in [0.15, 0.2) is 0 Å². The number of benzene rings is 1. The first kappa shape index (κ1) is 13.0. The van der Waals surface area contributed by atoms with Crippen LogP contribution in [-0.4, -0.2) is 17.8 Å². The van der Waals surface area contributed by atoms with Gasteiger partial charge in [-0.15, -0.1) is 0 Å². The van der Waals surface area contributed by atoms with E-state index in [9.17, 15) is 5.11 Å². The Morgan fingerprint density at radius 2 is 1.88 bits per heavy atom. The fourth-order valence-corrected chi connectivity index (χ4v) is 1.60. The number of unbranched alkanes of at least 4 members (excludes halogenated alkanes) is 2. The van der Waals surface area contributed by atoms with Crippen LogP contribution in [-0.2, 0) is 6.42 Å². The summed E-state index contributed by atoms with van der Waals surface area (Å²) in [6.45, 7) is 4.78. The van der Waals surface area contributed by atoms with E-state index >= 15 is 0 Å². The molecular formula is C14H22O2. The predicted molar refractivity (Wildman–Crippen MR) is 66.8 cm³/mol. The fourth-order valence-electron chi connectivity index (χ4n) is 1.60. The lowest BCUT2D eigenvalue weighted by atomic mass is 10.1. The summed E-state index contributed by atoms with van der Waals surface area (Å²) in [6, 6.07) is 7.98. The third-order valence-corrected chi connectivity index (χ3v) is 2.47. The summed E-state index contributed by atoms with van der Waals surface area (Å²) in [5.41, 5.74) is 1.15. The maximum Gasteiger partial charge on any atom is 0.119 e. The van der Waals surface area contributed by atoms with E-state index in [1.54, 1.807) is 6.92 Å². The molecule has 16 heavy (non-hydrogen) atoms. The molecule has 1 aromatic carbocycles. The van der Waals surface area contributed by atoms with Crippen LogP contribution in [0.2, 0.25) is 0 Å². The molecule has 0 aromatic heterocycles. The molecule has 90 valence electrons. The van der Waals surface area contributed by atoms with Crippen LogP contribution in [0.5, 0.6) is 5.75 Å². The normalized spacial score (nSPS) is 12.4. The molecule has 2 nitrogen and oxygen atoms in total. The van der Waals surface area contributed by atoms with Crippen LogP contribution >= 0.6 is 0 Å². The molecule has 1 rings (SSSR count). The van der Waals surface area contributed by atoms with Gasteiger partial charge in [-0.05, 0) is 37.5 Å². The zero-order valence-corrected chi connectivity index (χ0v) is 10.3. The standard InChI is InChI=1S/C14H22O2/c1-3-4-5-10-16-14-8-6-13(7-9-14)11-12(2)15/h6-9,12,15H,3-5,10-11H2,1-2H3. The Hall–Kier alpha value is -1.02. The maximum atomic E-state index is 9.24. The molecule has 0 aliphatic heterocycles. The molecule has 1 aromatic rings. The van der Waals surface area contributed by atoms with E-state index in [0.717, 1.165) is 24.3 Å². The van der Waals surface area contributed by atoms with Gasteiger partial charge in [-0.2, -0.15) is 0 Å². The summed E-state index contributed by atoms with van der Waals surface area (Å²) in [5, 5.41) is 9.24. The Morgan fingerprint density at radius 3 is 2.44 bits per heavy atom. The highest BCUT2D eigenvalue weighted by Gasteiger charge is 1.99. The number of aliphatic hydroxyl groups is 1. The molecule has 0 fully saturated rings. The topological polar surface area (TPSA) is 29.5 Å². The average Bonchev–Trinajstić information content (AvgIpc) is 2.26. The van der Waals surface area contributed by atoms with Crippen molar-refractivity contribution in [1.29, 1.82) is 0 Å². The lowest BCUT2D eigenvalue weighted by molar-refractivity contribution is 0.195. The second-order valence-electron chi connectivity index (χ2n) is 4.25. The molecule has 1 atom stereocenters. The highest BCUT2D eigenvalue weighted by atomic mass is 16.5. The molecule has 0 radical (unpaired) electrons. The van der Waals surface area contributed by atoms with Gasteiger partial charge in [0, 0.05) is 0 Å². The molecule has 0 aliphatic carbocycles. The molecule has 0 bridgehead atoms. The van der Waals surface area contributed by atoms with Crippen molar-refractivity contribution in [2.45, 2.75) is 45.6 Å². The monoisotopic (exact) mass is 222 g/mol. The molecule has 1 N–H and O–H groups in total. The summed E-state index contributed by atoms with van der Waals surface area (Å²) in [5.74, 6) is 0.922. The first-order valence-electron chi connectivity index (χ1n) is 6.12. The second-order valence-corrected chi connectivity index (χ2v) is 4.25. The van der Waals surface area contributed by atoms with Crippen LogP contribution in [0.3, 0.4) is 0 Å². The van der Waals surface area contributed by atoms with Crippen LogP contribution in [0.4, 0.5) is 0 Å². The molecule has 0 amide bonds. The van der Waals surface area contributed by atoms with Gasteiger partial charge < -0.3 is 9.84 Å². The van der Waals surface area contributed by atoms with Gasteiger partial charge in [0.05, 0.1) is 12.7 Å². The summed E-state index contributed by atoms with van der Waals surface area (Å²) >= 11 is 0. The minimum atomic E-state index is -0.281. The zero-order valence-electron chi connectivity index (χ0n) is 10.3. The summed E-state index contributed by atoms with van der Waals surface area (Å²) in [4.78, 5) is 0. The Kier molecular flexibility index (Phi) is 5.94. The fraction of sp³-hybridized carbons (Fsp3) is 0.571. The molecule has 0 heterocycles. The largest absolute Gasteiger partial charge is 0.494 e. The van der Waals surface area contributed by atoms with E-state index in [4.69, 9.17) is 4.74 Å². The van der Waals surface area contributed by atoms with Gasteiger partial charge in [-0.1, -0.05) is 31.9 Å². The molecule has 2 heteroatoms. The highest BCUT2D eigenvalue weighted by molar-refractivity contribution is 5.27. The van der Waals surface area contributed by atoms with Crippen LogP contribution in [0, 0.1) is 0 Å². The molecule has 0 aliphatic rings. The van der Waals surface area contributed by atoms with E-state index < -0.39 is 0 Å². The number of hydrogen-bond acceptors (Lipinski definition) is 2. The number of aliphatic hydroxyl groups excluding tert-OH is 1. The Bertz CT molecular complexity index is 277. The molecule has 0 spiro atoms. The third-order valence-electron chi connectivity index (χ3n) is 2.47. The van der Waals surface area contributed by atoms with E-state index in [0.29, 0.717) is 6.42 Å². The second kappa shape index (κ2) is 7.29. The number of rotatable bonds is 7. The summed E-state index contributed by atoms with van der Waals surface area (Å²) < 4.78 is 5.61. The third kappa shape index (κ3) is 5.17. The van der Waals surface area contributed by atoms with Crippen LogP contribution in [0.15, 0.2) is 24.3 Å². The van der Waals surface area contributed by atoms with Gasteiger partial charge >= 0.3 is 0 Å². The lowest BCUT2D eigenvalue weighted by Crippen LogP contribution is -2.04.